The maximum Gasteiger partial charge on any atom is 0.337 e. The first kappa shape index (κ1) is 25.4. The summed E-state index contributed by atoms with van der Waals surface area (Å²) in [4.78, 5) is 25.3. The molecule has 0 bridgehead atoms. The minimum Gasteiger partial charge on any atom is -0.458 e. The predicted octanol–water partition coefficient (Wildman–Crippen LogP) is 4.23. The molecule has 4 rings (SSSR count). The maximum absolute atomic E-state index is 12.8. The van der Waals surface area contributed by atoms with Crippen LogP contribution in [0.3, 0.4) is 0 Å². The van der Waals surface area contributed by atoms with Crippen LogP contribution < -0.4 is 0 Å². The van der Waals surface area contributed by atoms with E-state index in [1.807, 2.05) is 37.3 Å². The molecule has 0 aromatic heterocycles. The first-order valence-corrected chi connectivity index (χ1v) is 12.5. The number of ether oxygens (including phenoxy) is 2. The summed E-state index contributed by atoms with van der Waals surface area (Å²) < 4.78 is 11.0. The lowest BCUT2D eigenvalue weighted by Crippen LogP contribution is -2.57. The summed E-state index contributed by atoms with van der Waals surface area (Å²) in [6.07, 6.45) is 6.81. The molecule has 6 nitrogen and oxygen atoms in total. The largest absolute Gasteiger partial charge is 0.458 e. The zero-order valence-corrected chi connectivity index (χ0v) is 20.6. The molecule has 35 heavy (non-hydrogen) atoms. The van der Waals surface area contributed by atoms with E-state index in [1.165, 1.54) is 6.08 Å². The lowest BCUT2D eigenvalue weighted by molar-refractivity contribution is -0.158. The molecule has 0 radical (unpaired) electrons. The van der Waals surface area contributed by atoms with Gasteiger partial charge in [0.15, 0.2) is 0 Å². The normalized spacial score (nSPS) is 33.7. The van der Waals surface area contributed by atoms with Gasteiger partial charge in [-0.05, 0) is 67.1 Å². The highest BCUT2D eigenvalue weighted by atomic mass is 16.6. The number of benzene rings is 1. The highest BCUT2D eigenvalue weighted by Gasteiger charge is 2.58. The molecule has 1 heterocycles. The second-order valence-corrected chi connectivity index (χ2v) is 10.7. The molecule has 1 aromatic rings. The van der Waals surface area contributed by atoms with E-state index in [4.69, 9.17) is 9.47 Å². The number of hydrogen-bond donors (Lipinski definition) is 2. The second kappa shape index (κ2) is 10.1. The van der Waals surface area contributed by atoms with Gasteiger partial charge in [-0.3, -0.25) is 0 Å². The number of carbonyl (C=O) groups is 2. The fraction of sp³-hybridized carbons (Fsp3) is 0.517. The molecule has 2 saturated carbocycles. The highest BCUT2D eigenvalue weighted by molar-refractivity contribution is 5.93. The third-order valence-electron chi connectivity index (χ3n) is 8.71. The summed E-state index contributed by atoms with van der Waals surface area (Å²) in [6, 6.07) is 9.46. The van der Waals surface area contributed by atoms with Crippen molar-refractivity contribution in [2.45, 2.75) is 58.2 Å². The van der Waals surface area contributed by atoms with Crippen molar-refractivity contribution in [3.8, 4) is 0 Å². The molecule has 0 amide bonds. The summed E-state index contributed by atoms with van der Waals surface area (Å²) >= 11 is 0. The third-order valence-corrected chi connectivity index (χ3v) is 8.71. The Kier molecular flexibility index (Phi) is 7.34. The average Bonchev–Trinajstić information content (AvgIpc) is 3.28. The van der Waals surface area contributed by atoms with Gasteiger partial charge in [-0.1, -0.05) is 56.3 Å². The van der Waals surface area contributed by atoms with Gasteiger partial charge in [-0.25, -0.2) is 9.59 Å². The Hall–Kier alpha value is -2.70. The Morgan fingerprint density at radius 1 is 1.29 bits per heavy atom. The van der Waals surface area contributed by atoms with Crippen LogP contribution in [0.1, 0.15) is 51.5 Å². The number of cyclic esters (lactones) is 1. The zero-order valence-electron chi connectivity index (χ0n) is 20.6. The quantitative estimate of drug-likeness (QED) is 0.345. The minimum absolute atomic E-state index is 0.0372. The molecular formula is C29H36O6. The van der Waals surface area contributed by atoms with Crippen molar-refractivity contribution in [2.75, 3.05) is 13.2 Å². The lowest BCUT2D eigenvalue weighted by Gasteiger charge is -2.60. The Labute approximate surface area is 207 Å². The molecule has 0 spiro atoms. The monoisotopic (exact) mass is 480 g/mol. The van der Waals surface area contributed by atoms with Gasteiger partial charge in [0.1, 0.15) is 12.7 Å². The fourth-order valence-corrected chi connectivity index (χ4v) is 6.63. The number of aliphatic hydroxyl groups is 2. The van der Waals surface area contributed by atoms with Crippen molar-refractivity contribution < 1.29 is 29.3 Å². The average molecular weight is 481 g/mol. The molecule has 2 N–H and O–H groups in total. The number of fused-ring (bicyclic) bond motifs is 1. The molecule has 3 aliphatic rings. The number of esters is 2. The Balaban J connectivity index is 1.59. The van der Waals surface area contributed by atoms with Crippen LogP contribution in [-0.4, -0.2) is 47.6 Å². The molecule has 1 aliphatic heterocycles. The number of rotatable bonds is 7. The molecule has 6 heteroatoms. The lowest BCUT2D eigenvalue weighted by atomic mass is 9.46. The van der Waals surface area contributed by atoms with Crippen LogP contribution in [0.2, 0.25) is 0 Å². The van der Waals surface area contributed by atoms with Crippen LogP contribution in [-0.2, 0) is 19.1 Å². The van der Waals surface area contributed by atoms with Crippen LogP contribution in [0.4, 0.5) is 0 Å². The highest BCUT2D eigenvalue weighted by Crippen LogP contribution is 2.62. The Morgan fingerprint density at radius 2 is 2.03 bits per heavy atom. The van der Waals surface area contributed by atoms with Gasteiger partial charge in [0.2, 0.25) is 0 Å². The Bertz CT molecular complexity index is 1030. The summed E-state index contributed by atoms with van der Waals surface area (Å²) in [5.41, 5.74) is 1.45. The van der Waals surface area contributed by atoms with Gasteiger partial charge in [0.05, 0.1) is 18.3 Å². The van der Waals surface area contributed by atoms with Crippen LogP contribution in [0.5, 0.6) is 0 Å². The van der Waals surface area contributed by atoms with Gasteiger partial charge in [0, 0.05) is 11.5 Å². The summed E-state index contributed by atoms with van der Waals surface area (Å²) in [7, 11) is 0. The molecule has 188 valence electrons. The zero-order chi connectivity index (χ0) is 25.2. The van der Waals surface area contributed by atoms with E-state index in [-0.39, 0.29) is 30.5 Å². The molecule has 0 saturated heterocycles. The second-order valence-electron chi connectivity index (χ2n) is 10.7. The van der Waals surface area contributed by atoms with Crippen molar-refractivity contribution in [1.82, 2.24) is 0 Å². The smallest absolute Gasteiger partial charge is 0.337 e. The van der Waals surface area contributed by atoms with Gasteiger partial charge in [-0.2, -0.15) is 0 Å². The number of allylic oxidation sites excluding steroid dienone is 1. The number of aliphatic hydroxyl groups excluding tert-OH is 2. The van der Waals surface area contributed by atoms with Gasteiger partial charge in [-0.15, -0.1) is 0 Å². The summed E-state index contributed by atoms with van der Waals surface area (Å²) in [5.74, 6) is -0.943. The van der Waals surface area contributed by atoms with Gasteiger partial charge >= 0.3 is 11.9 Å². The van der Waals surface area contributed by atoms with Crippen molar-refractivity contribution in [3.63, 3.8) is 0 Å². The Morgan fingerprint density at radius 3 is 2.69 bits per heavy atom. The number of hydrogen-bond acceptors (Lipinski definition) is 6. The van der Waals surface area contributed by atoms with E-state index in [1.54, 1.807) is 12.2 Å². The first-order chi connectivity index (χ1) is 16.7. The molecular weight excluding hydrogens is 444 g/mol. The van der Waals surface area contributed by atoms with Crippen molar-refractivity contribution >= 4 is 18.0 Å². The fourth-order valence-electron chi connectivity index (χ4n) is 6.63. The molecule has 1 aromatic carbocycles. The van der Waals surface area contributed by atoms with Crippen molar-refractivity contribution in [1.29, 1.82) is 0 Å². The minimum atomic E-state index is -0.762. The van der Waals surface area contributed by atoms with Crippen LogP contribution in [0.25, 0.3) is 6.08 Å². The van der Waals surface area contributed by atoms with E-state index >= 15 is 0 Å². The summed E-state index contributed by atoms with van der Waals surface area (Å²) in [6.45, 7) is 8.61. The van der Waals surface area contributed by atoms with Crippen LogP contribution >= 0.6 is 0 Å². The topological polar surface area (TPSA) is 93.1 Å². The standard InChI is InChI=1S/C29H36O6/c1-19-9-11-24-28(2,15-13-25(31)29(24,3)18-30)22(19)17-23(21-14-16-34-27(21)33)35-26(32)12-10-20-7-5-4-6-8-20/h4-8,10,12,14,22-25,30-31H,1,9,11,13,15-18H2,2-3H3/t22-,23?,24?,25+,28+,29-/m0/s1. The third kappa shape index (κ3) is 4.87. The molecule has 2 aliphatic carbocycles. The molecule has 2 fully saturated rings. The van der Waals surface area contributed by atoms with E-state index in [2.05, 4.69) is 13.5 Å². The first-order valence-electron chi connectivity index (χ1n) is 12.5. The summed E-state index contributed by atoms with van der Waals surface area (Å²) in [5, 5.41) is 21.0. The van der Waals surface area contributed by atoms with Gasteiger partial charge < -0.3 is 19.7 Å². The van der Waals surface area contributed by atoms with E-state index < -0.39 is 29.6 Å². The van der Waals surface area contributed by atoms with Crippen LogP contribution in [0, 0.1) is 22.7 Å². The van der Waals surface area contributed by atoms with Crippen molar-refractivity contribution in [3.05, 3.63) is 65.8 Å². The predicted molar refractivity (Wildman–Crippen MR) is 133 cm³/mol. The molecule has 6 atom stereocenters. The van der Waals surface area contributed by atoms with Crippen molar-refractivity contribution in [2.24, 2.45) is 22.7 Å². The van der Waals surface area contributed by atoms with E-state index in [0.717, 1.165) is 30.4 Å². The maximum atomic E-state index is 12.8. The van der Waals surface area contributed by atoms with E-state index in [0.29, 0.717) is 18.4 Å². The molecule has 2 unspecified atom stereocenters. The van der Waals surface area contributed by atoms with Gasteiger partial charge in [0.25, 0.3) is 0 Å². The number of carbonyl (C=O) groups excluding carboxylic acids is 2. The van der Waals surface area contributed by atoms with E-state index in [9.17, 15) is 19.8 Å². The SMILES string of the molecule is C=C1CCC2[C@](C)(CO)[C@H](O)CC[C@]2(C)[C@H]1CC(OC(=O)C=Cc1ccccc1)C1=CCOC1=O. The van der Waals surface area contributed by atoms with Crippen LogP contribution in [0.15, 0.2) is 60.2 Å².